The van der Waals surface area contributed by atoms with Crippen molar-refractivity contribution in [3.05, 3.63) is 36.8 Å². The third-order valence-corrected chi connectivity index (χ3v) is 5.29. The van der Waals surface area contributed by atoms with Gasteiger partial charge in [0.05, 0.1) is 17.6 Å². The van der Waals surface area contributed by atoms with Crippen molar-refractivity contribution in [2.75, 3.05) is 29.9 Å². The third kappa shape index (κ3) is 3.90. The van der Waals surface area contributed by atoms with Crippen LogP contribution in [0.25, 0.3) is 11.0 Å². The highest BCUT2D eigenvalue weighted by Gasteiger charge is 2.44. The normalized spacial score (nSPS) is 19.4. The highest BCUT2D eigenvalue weighted by molar-refractivity contribution is 5.87. The lowest BCUT2D eigenvalue weighted by atomic mass is 10.1. The van der Waals surface area contributed by atoms with Crippen LogP contribution in [0.1, 0.15) is 12.8 Å². The van der Waals surface area contributed by atoms with Gasteiger partial charge in [-0.3, -0.25) is 4.79 Å². The van der Waals surface area contributed by atoms with Crippen LogP contribution >= 0.6 is 0 Å². The summed E-state index contributed by atoms with van der Waals surface area (Å²) >= 11 is 0. The summed E-state index contributed by atoms with van der Waals surface area (Å²) in [5.41, 5.74) is 1.04. The largest absolute Gasteiger partial charge is 0.586 e. The Hall–Kier alpha value is -3.63. The summed E-state index contributed by atoms with van der Waals surface area (Å²) < 4.78 is 35.6. The summed E-state index contributed by atoms with van der Waals surface area (Å²) in [5, 5.41) is 6.79. The van der Waals surface area contributed by atoms with Crippen LogP contribution in [0.4, 0.5) is 20.3 Å². The minimum atomic E-state index is -3.71. The Morgan fingerprint density at radius 1 is 1.29 bits per heavy atom. The molecule has 3 aromatic rings. The minimum absolute atomic E-state index is 0.0580. The zero-order chi connectivity index (χ0) is 21.4. The Bertz CT molecular complexity index is 1120. The van der Waals surface area contributed by atoms with Crippen LogP contribution < -0.4 is 25.0 Å². The number of rotatable bonds is 5. The highest BCUT2D eigenvalue weighted by atomic mass is 19.3. The Morgan fingerprint density at radius 3 is 3.10 bits per heavy atom. The average molecular weight is 430 g/mol. The topological polar surface area (TPSA) is 104 Å². The number of hydrogen-bond acceptors (Lipinski definition) is 7. The maximum Gasteiger partial charge on any atom is 0.586 e. The van der Waals surface area contributed by atoms with Gasteiger partial charge in [0.1, 0.15) is 17.8 Å². The number of aromatic nitrogens is 3. The molecule has 0 radical (unpaired) electrons. The molecule has 0 saturated carbocycles. The zero-order valence-corrected chi connectivity index (χ0v) is 16.4. The number of fused-ring (bicyclic) bond motifs is 2. The van der Waals surface area contributed by atoms with Gasteiger partial charge in [-0.15, -0.1) is 8.78 Å². The van der Waals surface area contributed by atoms with Crippen molar-refractivity contribution in [3.8, 4) is 11.5 Å². The van der Waals surface area contributed by atoms with Crippen LogP contribution in [0, 0.1) is 0 Å². The van der Waals surface area contributed by atoms with Gasteiger partial charge in [-0.25, -0.2) is 9.97 Å². The fourth-order valence-corrected chi connectivity index (χ4v) is 3.96. The summed E-state index contributed by atoms with van der Waals surface area (Å²) in [6.07, 6.45) is 1.38. The Kier molecular flexibility index (Phi) is 4.72. The number of para-hydroxylation sites is 1. The van der Waals surface area contributed by atoms with Gasteiger partial charge >= 0.3 is 6.29 Å². The first-order valence-corrected chi connectivity index (χ1v) is 9.94. The monoisotopic (exact) mass is 430 g/mol. The van der Waals surface area contributed by atoms with Gasteiger partial charge in [0.25, 0.3) is 0 Å². The van der Waals surface area contributed by atoms with E-state index < -0.39 is 6.29 Å². The number of benzene rings is 1. The standard InChI is InChI=1S/C20H20F2N6O3/c21-20(22)30-15-5-1-4-14(17(15)31-20)24-9-16(29)27-12-3-2-8-28(10-12)19-13-6-7-23-18(13)25-11-26-19/h1,4-7,11-12,24H,2-3,8-10H2,(H,27,29)(H,23,25,26)/t12-/m0/s1. The summed E-state index contributed by atoms with van der Waals surface area (Å²) in [4.78, 5) is 26.3. The molecule has 2 aliphatic rings. The lowest BCUT2D eigenvalue weighted by Gasteiger charge is -2.34. The van der Waals surface area contributed by atoms with E-state index >= 15 is 0 Å². The minimum Gasteiger partial charge on any atom is -0.395 e. The number of nitrogens with zero attached hydrogens (tertiary/aromatic N) is 3. The van der Waals surface area contributed by atoms with Crippen LogP contribution in [0.5, 0.6) is 11.5 Å². The summed E-state index contributed by atoms with van der Waals surface area (Å²) in [7, 11) is 0. The lowest BCUT2D eigenvalue weighted by molar-refractivity contribution is -0.286. The Balaban J connectivity index is 1.20. The molecular weight excluding hydrogens is 410 g/mol. The fourth-order valence-electron chi connectivity index (χ4n) is 3.96. The van der Waals surface area contributed by atoms with Crippen molar-refractivity contribution in [3.63, 3.8) is 0 Å². The van der Waals surface area contributed by atoms with Gasteiger partial charge in [-0.1, -0.05) is 6.07 Å². The molecule has 162 valence electrons. The van der Waals surface area contributed by atoms with Crippen LogP contribution in [-0.2, 0) is 4.79 Å². The molecule has 0 unspecified atom stereocenters. The van der Waals surface area contributed by atoms with E-state index in [1.807, 2.05) is 12.3 Å². The number of carbonyl (C=O) groups excluding carboxylic acids is 1. The number of nitrogens with one attached hydrogen (secondary N) is 3. The fraction of sp³-hybridized carbons (Fsp3) is 0.350. The van der Waals surface area contributed by atoms with Crippen LogP contribution in [0.3, 0.4) is 0 Å². The first-order chi connectivity index (χ1) is 15.0. The van der Waals surface area contributed by atoms with E-state index in [1.165, 1.54) is 12.4 Å². The first-order valence-electron chi connectivity index (χ1n) is 9.94. The molecule has 9 nitrogen and oxygen atoms in total. The van der Waals surface area contributed by atoms with E-state index in [9.17, 15) is 13.6 Å². The molecule has 1 aromatic carbocycles. The third-order valence-electron chi connectivity index (χ3n) is 5.29. The number of carbonyl (C=O) groups is 1. The number of H-pyrrole nitrogens is 1. The van der Waals surface area contributed by atoms with Crippen molar-refractivity contribution in [2.45, 2.75) is 25.2 Å². The van der Waals surface area contributed by atoms with E-state index in [0.717, 1.165) is 36.2 Å². The number of anilines is 2. The van der Waals surface area contributed by atoms with E-state index in [1.54, 1.807) is 12.1 Å². The van der Waals surface area contributed by atoms with Crippen LogP contribution in [0.15, 0.2) is 36.8 Å². The van der Waals surface area contributed by atoms with Gasteiger partial charge in [0.15, 0.2) is 11.5 Å². The van der Waals surface area contributed by atoms with Crippen molar-refractivity contribution in [1.82, 2.24) is 20.3 Å². The van der Waals surface area contributed by atoms with Crippen molar-refractivity contribution in [1.29, 1.82) is 0 Å². The highest BCUT2D eigenvalue weighted by Crippen LogP contribution is 2.45. The zero-order valence-electron chi connectivity index (χ0n) is 16.4. The van der Waals surface area contributed by atoms with Gasteiger partial charge < -0.3 is 30.0 Å². The second-order valence-electron chi connectivity index (χ2n) is 7.44. The number of alkyl halides is 2. The molecule has 5 rings (SSSR count). The van der Waals surface area contributed by atoms with Crippen molar-refractivity contribution >= 4 is 28.4 Å². The molecule has 1 fully saturated rings. The maximum atomic E-state index is 13.3. The smallest absolute Gasteiger partial charge is 0.395 e. The molecule has 1 atom stereocenters. The molecule has 31 heavy (non-hydrogen) atoms. The number of piperidine rings is 1. The van der Waals surface area contributed by atoms with Gasteiger partial charge in [-0.05, 0) is 31.0 Å². The molecule has 2 aliphatic heterocycles. The van der Waals surface area contributed by atoms with Crippen LogP contribution in [-0.4, -0.2) is 52.8 Å². The number of aromatic amines is 1. The number of ether oxygens (including phenoxy) is 2. The van der Waals surface area contributed by atoms with Gasteiger partial charge in [0, 0.05) is 25.3 Å². The predicted octanol–water partition coefficient (Wildman–Crippen LogP) is 2.48. The molecule has 0 spiro atoms. The maximum absolute atomic E-state index is 13.3. The lowest BCUT2D eigenvalue weighted by Crippen LogP contribution is -2.49. The first kappa shape index (κ1) is 19.3. The molecule has 3 N–H and O–H groups in total. The van der Waals surface area contributed by atoms with E-state index in [2.05, 4.69) is 40.0 Å². The quantitative estimate of drug-likeness (QED) is 0.571. The molecule has 2 aromatic heterocycles. The van der Waals surface area contributed by atoms with Gasteiger partial charge in [0.2, 0.25) is 5.91 Å². The molecule has 1 amide bonds. The van der Waals surface area contributed by atoms with Crippen LogP contribution in [0.2, 0.25) is 0 Å². The predicted molar refractivity (Wildman–Crippen MR) is 108 cm³/mol. The van der Waals surface area contributed by atoms with Crippen molar-refractivity contribution < 1.29 is 23.0 Å². The molecule has 0 bridgehead atoms. The summed E-state index contributed by atoms with van der Waals surface area (Å²) in [6, 6.07) is 6.36. The SMILES string of the molecule is O=C(CNc1cccc2c1OC(F)(F)O2)N[C@H]1CCCN(c2ncnc3[nH]ccc23)C1. The summed E-state index contributed by atoms with van der Waals surface area (Å²) in [6.45, 7) is 1.37. The molecular formula is C20H20F2N6O3. The molecule has 1 saturated heterocycles. The number of hydrogen-bond donors (Lipinski definition) is 3. The second-order valence-corrected chi connectivity index (χ2v) is 7.44. The van der Waals surface area contributed by atoms with E-state index in [4.69, 9.17) is 0 Å². The van der Waals surface area contributed by atoms with Gasteiger partial charge in [-0.2, -0.15) is 0 Å². The molecule has 0 aliphatic carbocycles. The van der Waals surface area contributed by atoms with Crippen molar-refractivity contribution in [2.24, 2.45) is 0 Å². The average Bonchev–Trinajstić information content (AvgIpc) is 3.35. The summed E-state index contributed by atoms with van der Waals surface area (Å²) in [5.74, 6) is 0.411. The number of amides is 1. The number of halogens is 2. The second kappa shape index (κ2) is 7.56. The Morgan fingerprint density at radius 2 is 2.19 bits per heavy atom. The van der Waals surface area contributed by atoms with E-state index in [0.29, 0.717) is 6.54 Å². The molecule has 4 heterocycles. The van der Waals surface area contributed by atoms with E-state index in [-0.39, 0.29) is 35.7 Å². The Labute approximate surface area is 175 Å². The molecule has 11 heteroatoms.